The molecule has 0 atom stereocenters. The van der Waals surface area contributed by atoms with Crippen molar-refractivity contribution in [1.29, 1.82) is 0 Å². The minimum Gasteiger partial charge on any atom is -0.204 e. The lowest BCUT2D eigenvalue weighted by Gasteiger charge is -2.60. The molecule has 0 aliphatic heterocycles. The van der Waals surface area contributed by atoms with Crippen molar-refractivity contribution in [3.8, 4) is 0 Å². The fourth-order valence-electron chi connectivity index (χ4n) is 6.11. The highest BCUT2D eigenvalue weighted by atomic mass is 19.2. The average Bonchev–Trinajstić information content (AvgIpc) is 2.51. The second kappa shape index (κ2) is 6.63. The van der Waals surface area contributed by atoms with Gasteiger partial charge in [-0.2, -0.15) is 0 Å². The van der Waals surface area contributed by atoms with Crippen LogP contribution in [0.25, 0.3) is 0 Å². The van der Waals surface area contributed by atoms with Gasteiger partial charge < -0.3 is 0 Å². The highest BCUT2D eigenvalue weighted by molar-refractivity contribution is 5.27. The van der Waals surface area contributed by atoms with Crippen LogP contribution in [0.2, 0.25) is 0 Å². The van der Waals surface area contributed by atoms with Crippen LogP contribution in [0.4, 0.5) is 13.2 Å². The molecule has 1 aromatic carbocycles. The summed E-state index contributed by atoms with van der Waals surface area (Å²) in [6, 6.07) is 2.39. The Labute approximate surface area is 149 Å². The van der Waals surface area contributed by atoms with Crippen molar-refractivity contribution in [3.05, 3.63) is 35.1 Å². The smallest absolute Gasteiger partial charge is 0.194 e. The maximum atomic E-state index is 13.4. The van der Waals surface area contributed by atoms with Crippen molar-refractivity contribution in [2.24, 2.45) is 23.2 Å². The molecule has 138 valence electrons. The Balaban J connectivity index is 1.27. The molecule has 0 radical (unpaired) electrons. The Morgan fingerprint density at radius 3 is 2.04 bits per heavy atom. The van der Waals surface area contributed by atoms with Gasteiger partial charge in [-0.05, 0) is 85.3 Å². The fourth-order valence-corrected chi connectivity index (χ4v) is 6.11. The van der Waals surface area contributed by atoms with E-state index in [2.05, 4.69) is 6.92 Å². The maximum absolute atomic E-state index is 13.4. The molecular formula is C22H29F3. The molecular weight excluding hydrogens is 321 g/mol. The van der Waals surface area contributed by atoms with E-state index in [1.54, 1.807) is 0 Å². The number of halogens is 3. The Morgan fingerprint density at radius 1 is 0.880 bits per heavy atom. The van der Waals surface area contributed by atoms with Crippen LogP contribution >= 0.6 is 0 Å². The topological polar surface area (TPSA) is 0 Å². The van der Waals surface area contributed by atoms with E-state index in [9.17, 15) is 13.2 Å². The van der Waals surface area contributed by atoms with Crippen molar-refractivity contribution >= 4 is 0 Å². The minimum atomic E-state index is -1.35. The van der Waals surface area contributed by atoms with Crippen molar-refractivity contribution in [2.45, 2.75) is 77.0 Å². The number of benzene rings is 1. The van der Waals surface area contributed by atoms with Gasteiger partial charge >= 0.3 is 0 Å². The first-order chi connectivity index (χ1) is 12.0. The first-order valence-corrected chi connectivity index (χ1v) is 10.1. The SMILES string of the molecule is CCCC1CCC(C2CC3(CC(c4cc(F)c(F)c(F)c4)C3)C2)CC1. The first kappa shape index (κ1) is 17.4. The van der Waals surface area contributed by atoms with E-state index in [1.807, 2.05) is 0 Å². The van der Waals surface area contributed by atoms with Crippen LogP contribution in [-0.4, -0.2) is 0 Å². The maximum Gasteiger partial charge on any atom is 0.194 e. The molecule has 0 unspecified atom stereocenters. The van der Waals surface area contributed by atoms with Crippen molar-refractivity contribution in [2.75, 3.05) is 0 Å². The molecule has 0 heterocycles. The molecule has 0 aromatic heterocycles. The van der Waals surface area contributed by atoms with Crippen LogP contribution in [0.3, 0.4) is 0 Å². The summed E-state index contributed by atoms with van der Waals surface area (Å²) in [6.07, 6.45) is 13.0. The van der Waals surface area contributed by atoms with E-state index in [-0.39, 0.29) is 5.92 Å². The molecule has 0 amide bonds. The monoisotopic (exact) mass is 350 g/mol. The van der Waals surface area contributed by atoms with E-state index >= 15 is 0 Å². The summed E-state index contributed by atoms with van der Waals surface area (Å²) in [4.78, 5) is 0. The lowest BCUT2D eigenvalue weighted by molar-refractivity contribution is -0.0727. The molecule has 25 heavy (non-hydrogen) atoms. The van der Waals surface area contributed by atoms with Gasteiger partial charge in [0.25, 0.3) is 0 Å². The summed E-state index contributed by atoms with van der Waals surface area (Å²) in [5, 5.41) is 0. The number of hydrogen-bond acceptors (Lipinski definition) is 0. The highest BCUT2D eigenvalue weighted by Crippen LogP contribution is 2.66. The molecule has 0 saturated heterocycles. The molecule has 3 heteroatoms. The fraction of sp³-hybridized carbons (Fsp3) is 0.727. The third-order valence-electron chi connectivity index (χ3n) is 7.48. The standard InChI is InChI=1S/C22H29F3/c1-2-3-14-4-6-15(7-5-14)17-10-22(11-17)12-18(13-22)16-8-19(23)21(25)20(24)9-16/h8-9,14-15,17-18H,2-7,10-13H2,1H3. The highest BCUT2D eigenvalue weighted by Gasteiger charge is 2.54. The van der Waals surface area contributed by atoms with Crippen molar-refractivity contribution < 1.29 is 13.2 Å². The van der Waals surface area contributed by atoms with Crippen molar-refractivity contribution in [1.82, 2.24) is 0 Å². The Morgan fingerprint density at radius 2 is 1.48 bits per heavy atom. The average molecular weight is 350 g/mol. The lowest BCUT2D eigenvalue weighted by atomic mass is 9.45. The summed E-state index contributed by atoms with van der Waals surface area (Å²) < 4.78 is 40.0. The summed E-state index contributed by atoms with van der Waals surface area (Å²) in [5.41, 5.74) is 1.07. The van der Waals surface area contributed by atoms with Gasteiger partial charge in [-0.15, -0.1) is 0 Å². The quantitative estimate of drug-likeness (QED) is 0.514. The molecule has 4 rings (SSSR count). The summed E-state index contributed by atoms with van der Waals surface area (Å²) in [7, 11) is 0. The van der Waals surface area contributed by atoms with Crippen LogP contribution < -0.4 is 0 Å². The Kier molecular flexibility index (Phi) is 4.62. The van der Waals surface area contributed by atoms with E-state index in [0.29, 0.717) is 11.0 Å². The molecule has 3 fully saturated rings. The molecule has 3 aliphatic carbocycles. The normalized spacial score (nSPS) is 37.6. The predicted molar refractivity (Wildman–Crippen MR) is 93.8 cm³/mol. The minimum absolute atomic E-state index is 0.214. The zero-order valence-electron chi connectivity index (χ0n) is 15.2. The van der Waals surface area contributed by atoms with Gasteiger partial charge in [0.15, 0.2) is 17.5 Å². The largest absolute Gasteiger partial charge is 0.204 e. The lowest BCUT2D eigenvalue weighted by Crippen LogP contribution is -2.49. The van der Waals surface area contributed by atoms with Gasteiger partial charge in [-0.3, -0.25) is 0 Å². The van der Waals surface area contributed by atoms with E-state index in [4.69, 9.17) is 0 Å². The van der Waals surface area contributed by atoms with Crippen LogP contribution in [0.15, 0.2) is 12.1 Å². The summed E-state index contributed by atoms with van der Waals surface area (Å²) in [6.45, 7) is 2.29. The molecule has 0 N–H and O–H groups in total. The van der Waals surface area contributed by atoms with Gasteiger partial charge in [0.05, 0.1) is 0 Å². The molecule has 0 nitrogen and oxygen atoms in total. The van der Waals surface area contributed by atoms with Crippen LogP contribution in [0, 0.1) is 40.6 Å². The Bertz CT molecular complexity index is 593. The molecule has 0 bridgehead atoms. The number of hydrogen-bond donors (Lipinski definition) is 0. The van der Waals surface area contributed by atoms with Crippen LogP contribution in [0.1, 0.15) is 82.6 Å². The van der Waals surface area contributed by atoms with Gasteiger partial charge in [-0.1, -0.05) is 32.6 Å². The van der Waals surface area contributed by atoms with Crippen molar-refractivity contribution in [3.63, 3.8) is 0 Å². The second-order valence-corrected chi connectivity index (χ2v) is 9.14. The van der Waals surface area contributed by atoms with Gasteiger partial charge in [0.1, 0.15) is 0 Å². The predicted octanol–water partition coefficient (Wildman–Crippen LogP) is 6.98. The van der Waals surface area contributed by atoms with Crippen LogP contribution in [0.5, 0.6) is 0 Å². The molecule has 1 spiro atoms. The molecule has 3 saturated carbocycles. The first-order valence-electron chi connectivity index (χ1n) is 10.1. The van der Waals surface area contributed by atoms with E-state index in [0.717, 1.165) is 30.6 Å². The van der Waals surface area contributed by atoms with Gasteiger partial charge in [-0.25, -0.2) is 13.2 Å². The molecule has 3 aliphatic rings. The third-order valence-corrected chi connectivity index (χ3v) is 7.48. The molecule has 1 aromatic rings. The van der Waals surface area contributed by atoms with E-state index < -0.39 is 17.5 Å². The zero-order valence-corrected chi connectivity index (χ0v) is 15.2. The number of rotatable bonds is 4. The van der Waals surface area contributed by atoms with E-state index in [1.165, 1.54) is 63.5 Å². The van der Waals surface area contributed by atoms with Crippen LogP contribution in [-0.2, 0) is 0 Å². The van der Waals surface area contributed by atoms with Gasteiger partial charge in [0, 0.05) is 0 Å². The van der Waals surface area contributed by atoms with Gasteiger partial charge in [0.2, 0.25) is 0 Å². The Hall–Kier alpha value is -0.990. The second-order valence-electron chi connectivity index (χ2n) is 9.14. The third kappa shape index (κ3) is 3.24. The summed E-state index contributed by atoms with van der Waals surface area (Å²) in [5.74, 6) is -0.473. The summed E-state index contributed by atoms with van der Waals surface area (Å²) >= 11 is 0. The zero-order chi connectivity index (χ0) is 17.6.